The van der Waals surface area contributed by atoms with Gasteiger partial charge in [0, 0.05) is 12.8 Å². The highest BCUT2D eigenvalue weighted by atomic mass is 16.4. The van der Waals surface area contributed by atoms with Crippen molar-refractivity contribution in [1.29, 1.82) is 10.5 Å². The zero-order chi connectivity index (χ0) is 31.4. The lowest BCUT2D eigenvalue weighted by Crippen LogP contribution is -2.07. The average Bonchev–Trinajstić information content (AvgIpc) is 3.81. The number of hydrogen-bond donors (Lipinski definition) is 1. The normalized spacial score (nSPS) is 11.8. The number of fused-ring (bicyclic) bond motifs is 10. The summed E-state index contributed by atoms with van der Waals surface area (Å²) < 4.78 is 6.87. The Balaban J connectivity index is 0.000000145. The van der Waals surface area contributed by atoms with Crippen LogP contribution in [0.25, 0.3) is 22.7 Å². The van der Waals surface area contributed by atoms with Gasteiger partial charge in [0.05, 0.1) is 45.5 Å². The first-order valence-electron chi connectivity index (χ1n) is 13.6. The van der Waals surface area contributed by atoms with Gasteiger partial charge in [-0.25, -0.2) is 24.1 Å². The van der Waals surface area contributed by atoms with E-state index in [2.05, 4.69) is 36.7 Å². The summed E-state index contributed by atoms with van der Waals surface area (Å²) in [7, 11) is 0. The van der Waals surface area contributed by atoms with Gasteiger partial charge in [-0.15, -0.1) is 10.2 Å². The van der Waals surface area contributed by atoms with Crippen LogP contribution in [0.4, 0.5) is 0 Å². The second kappa shape index (κ2) is 10.2. The van der Waals surface area contributed by atoms with E-state index in [-0.39, 0.29) is 23.5 Å². The maximum atomic E-state index is 11.4. The monoisotopic (exact) mass is 596 g/mol. The first kappa shape index (κ1) is 27.1. The fraction of sp³-hybridized carbons (Fsp3) is 0.133. The summed E-state index contributed by atoms with van der Waals surface area (Å²) in [6, 6.07) is 15.8. The van der Waals surface area contributed by atoms with Crippen molar-refractivity contribution >= 4 is 12.3 Å². The van der Waals surface area contributed by atoms with Gasteiger partial charge >= 0.3 is 5.97 Å². The minimum atomic E-state index is -1.15. The molecule has 218 valence electrons. The molecule has 0 unspecified atom stereocenters. The highest BCUT2D eigenvalue weighted by molar-refractivity contribution is 5.87. The molecule has 0 atom stereocenters. The molecule has 0 amide bonds. The topological polar surface area (TPSA) is 199 Å². The number of carboxylic acid groups (broad SMARTS) is 1. The maximum Gasteiger partial charge on any atom is 0.358 e. The summed E-state index contributed by atoms with van der Waals surface area (Å²) in [6.07, 6.45) is 4.47. The Labute approximate surface area is 253 Å². The van der Waals surface area contributed by atoms with E-state index in [1.165, 1.54) is 4.68 Å². The number of rotatable bonds is 2. The summed E-state index contributed by atoms with van der Waals surface area (Å²) >= 11 is 0. The van der Waals surface area contributed by atoms with Crippen molar-refractivity contribution in [3.63, 3.8) is 0 Å². The standard InChI is InChI=1S/C15H10N6O2.C15H10N6O/c1-8-2-3-10-12(4-8)21-13(14(15(22)23)18-19-21)5-11-9(6-16)17-7-20(10)11;1-9-2-3-12-15(4-9)21-14(11(7-22)18-19-21)5-13-10(6-16)17-8-20(12)13/h2-4,7H,5H2,1H3,(H,22,23);2-4,7-8H,5H2,1H3. The number of nitrogens with zero attached hydrogens (tertiary/aromatic N) is 12. The molecule has 0 bridgehead atoms. The molecule has 1 N–H and O–H groups in total. The smallest absolute Gasteiger partial charge is 0.358 e. The Kier molecular flexibility index (Phi) is 6.15. The van der Waals surface area contributed by atoms with Gasteiger partial charge in [0.1, 0.15) is 30.5 Å². The molecule has 6 aromatic rings. The summed E-state index contributed by atoms with van der Waals surface area (Å²) in [4.78, 5) is 30.9. The van der Waals surface area contributed by atoms with E-state index < -0.39 is 5.97 Å². The second-order valence-electron chi connectivity index (χ2n) is 10.4. The molecule has 2 aliphatic heterocycles. The van der Waals surface area contributed by atoms with E-state index in [4.69, 9.17) is 0 Å². The van der Waals surface area contributed by atoms with Crippen molar-refractivity contribution in [2.75, 3.05) is 0 Å². The van der Waals surface area contributed by atoms with Crippen molar-refractivity contribution < 1.29 is 14.7 Å². The van der Waals surface area contributed by atoms with Crippen LogP contribution in [0.15, 0.2) is 49.1 Å². The number of carboxylic acids is 1. The number of benzene rings is 2. The van der Waals surface area contributed by atoms with Gasteiger partial charge in [0.2, 0.25) is 0 Å². The van der Waals surface area contributed by atoms with Crippen molar-refractivity contribution in [1.82, 2.24) is 49.1 Å². The molecule has 2 aliphatic rings. The highest BCUT2D eigenvalue weighted by Gasteiger charge is 2.29. The quantitative estimate of drug-likeness (QED) is 0.288. The minimum absolute atomic E-state index is 0.115. The van der Waals surface area contributed by atoms with E-state index in [9.17, 15) is 25.2 Å². The van der Waals surface area contributed by atoms with E-state index in [1.54, 1.807) is 21.9 Å². The summed E-state index contributed by atoms with van der Waals surface area (Å²) in [5.41, 5.74) is 8.47. The summed E-state index contributed by atoms with van der Waals surface area (Å²) in [6.45, 7) is 3.92. The number of hydrogen-bond acceptors (Lipinski definition) is 10. The van der Waals surface area contributed by atoms with Crippen LogP contribution >= 0.6 is 0 Å². The summed E-state index contributed by atoms with van der Waals surface area (Å²) in [5, 5.41) is 43.7. The van der Waals surface area contributed by atoms with Gasteiger partial charge < -0.3 is 5.11 Å². The molecule has 0 saturated heterocycles. The van der Waals surface area contributed by atoms with Gasteiger partial charge in [-0.05, 0) is 49.2 Å². The van der Waals surface area contributed by atoms with Crippen LogP contribution in [-0.2, 0) is 12.8 Å². The molecule has 6 heterocycles. The highest BCUT2D eigenvalue weighted by Crippen LogP contribution is 2.31. The van der Waals surface area contributed by atoms with Crippen molar-refractivity contribution in [3.05, 3.63) is 106 Å². The molecule has 0 spiro atoms. The Morgan fingerprint density at radius 1 is 0.778 bits per heavy atom. The molecule has 2 aromatic carbocycles. The number of carbonyl (C=O) groups is 2. The first-order chi connectivity index (χ1) is 21.8. The van der Waals surface area contributed by atoms with Crippen molar-refractivity contribution in [3.8, 4) is 34.9 Å². The van der Waals surface area contributed by atoms with E-state index in [1.807, 2.05) is 60.9 Å². The Morgan fingerprint density at radius 2 is 1.29 bits per heavy atom. The molecule has 45 heavy (non-hydrogen) atoms. The molecule has 8 rings (SSSR count). The van der Waals surface area contributed by atoms with Gasteiger partial charge in [-0.2, -0.15) is 10.5 Å². The van der Waals surface area contributed by atoms with Gasteiger partial charge in [-0.3, -0.25) is 13.9 Å². The van der Waals surface area contributed by atoms with Crippen LogP contribution in [0.5, 0.6) is 0 Å². The number of aryl methyl sites for hydroxylation is 2. The average molecular weight is 597 g/mol. The second-order valence-corrected chi connectivity index (χ2v) is 10.4. The molecular weight excluding hydrogens is 576 g/mol. The van der Waals surface area contributed by atoms with Crippen LogP contribution in [-0.4, -0.2) is 66.5 Å². The fourth-order valence-electron chi connectivity index (χ4n) is 5.60. The number of imidazole rings is 2. The van der Waals surface area contributed by atoms with Crippen molar-refractivity contribution in [2.24, 2.45) is 0 Å². The fourth-order valence-corrected chi connectivity index (χ4v) is 5.60. The zero-order valence-electron chi connectivity index (χ0n) is 23.7. The SMILES string of the molecule is Cc1ccc2c(c1)-n1nnc(C(=O)O)c1Cc1c(C#N)ncn1-2.Cc1ccc2c(c1)-n1nnc(C=O)c1Cc1c(C#N)ncn1-2. The molecule has 15 nitrogen and oxygen atoms in total. The third-order valence-electron chi connectivity index (χ3n) is 7.72. The van der Waals surface area contributed by atoms with E-state index in [0.717, 1.165) is 33.9 Å². The maximum absolute atomic E-state index is 11.4. The number of aldehydes is 1. The van der Waals surface area contributed by atoms with Crippen LogP contribution in [0.2, 0.25) is 0 Å². The Bertz CT molecular complexity index is 2290. The van der Waals surface area contributed by atoms with Crippen LogP contribution in [0, 0.1) is 36.5 Å². The number of aromatic nitrogens is 10. The van der Waals surface area contributed by atoms with Gasteiger partial charge in [-0.1, -0.05) is 22.6 Å². The molecular formula is C30H20N12O3. The molecule has 15 heteroatoms. The van der Waals surface area contributed by atoms with Gasteiger partial charge in [0.15, 0.2) is 23.4 Å². The molecule has 0 fully saturated rings. The number of nitriles is 2. The van der Waals surface area contributed by atoms with Crippen LogP contribution < -0.4 is 0 Å². The molecule has 4 aromatic heterocycles. The third-order valence-corrected chi connectivity index (χ3v) is 7.72. The third kappa shape index (κ3) is 4.18. The Hall–Kier alpha value is -6.74. The number of aromatic carboxylic acids is 1. The number of carbonyl (C=O) groups excluding carboxylic acids is 1. The molecule has 0 saturated carbocycles. The predicted octanol–water partition coefficient (Wildman–Crippen LogP) is 2.59. The lowest BCUT2D eigenvalue weighted by Gasteiger charge is -2.10. The largest absolute Gasteiger partial charge is 0.476 e. The Morgan fingerprint density at radius 3 is 1.80 bits per heavy atom. The predicted molar refractivity (Wildman–Crippen MR) is 154 cm³/mol. The van der Waals surface area contributed by atoms with E-state index in [0.29, 0.717) is 41.2 Å². The van der Waals surface area contributed by atoms with Crippen LogP contribution in [0.1, 0.15) is 66.3 Å². The molecule has 0 radical (unpaired) electrons. The zero-order valence-corrected chi connectivity index (χ0v) is 23.7. The minimum Gasteiger partial charge on any atom is -0.476 e. The molecule has 0 aliphatic carbocycles. The lowest BCUT2D eigenvalue weighted by atomic mass is 10.1. The van der Waals surface area contributed by atoms with Crippen LogP contribution in [0.3, 0.4) is 0 Å². The van der Waals surface area contributed by atoms with Gasteiger partial charge in [0.25, 0.3) is 0 Å². The lowest BCUT2D eigenvalue weighted by molar-refractivity contribution is 0.0689. The first-order valence-corrected chi connectivity index (χ1v) is 13.6. The summed E-state index contributed by atoms with van der Waals surface area (Å²) in [5.74, 6) is -1.15. The van der Waals surface area contributed by atoms with Crippen molar-refractivity contribution in [2.45, 2.75) is 26.7 Å². The van der Waals surface area contributed by atoms with E-state index >= 15 is 0 Å².